The Balaban J connectivity index is 1.89. The maximum Gasteiger partial charge on any atom is 0.264 e. The van der Waals surface area contributed by atoms with Gasteiger partial charge in [0.25, 0.3) is 10.0 Å². The highest BCUT2D eigenvalue weighted by atomic mass is 79.9. The van der Waals surface area contributed by atoms with Gasteiger partial charge in [-0.05, 0) is 60.9 Å². The van der Waals surface area contributed by atoms with E-state index in [0.717, 1.165) is 19.9 Å². The number of halogens is 1. The van der Waals surface area contributed by atoms with E-state index in [1.165, 1.54) is 0 Å². The third-order valence-corrected chi connectivity index (χ3v) is 7.13. The van der Waals surface area contributed by atoms with Gasteiger partial charge in [-0.1, -0.05) is 65.7 Å². The van der Waals surface area contributed by atoms with Crippen molar-refractivity contribution in [1.82, 2.24) is 0 Å². The monoisotopic (exact) mass is 500 g/mol. The smallest absolute Gasteiger partial charge is 0.264 e. The lowest BCUT2D eigenvalue weighted by Crippen LogP contribution is -2.38. The summed E-state index contributed by atoms with van der Waals surface area (Å²) in [5.74, 6) is -0.0376. The van der Waals surface area contributed by atoms with Crippen LogP contribution in [0.25, 0.3) is 0 Å². The van der Waals surface area contributed by atoms with Gasteiger partial charge < -0.3 is 5.32 Å². The zero-order valence-electron chi connectivity index (χ0n) is 17.7. The summed E-state index contributed by atoms with van der Waals surface area (Å²) in [6, 6.07) is 21.0. The quantitative estimate of drug-likeness (QED) is 0.451. The lowest BCUT2D eigenvalue weighted by atomic mass is 10.0. The van der Waals surface area contributed by atoms with E-state index >= 15 is 0 Å². The molecule has 3 aromatic rings. The molecule has 0 radical (unpaired) electrons. The van der Waals surface area contributed by atoms with Crippen LogP contribution >= 0.6 is 15.9 Å². The number of sulfonamides is 1. The summed E-state index contributed by atoms with van der Waals surface area (Å²) in [4.78, 5) is 12.9. The molecule has 0 atom stereocenters. The molecule has 0 bridgehead atoms. The topological polar surface area (TPSA) is 66.5 Å². The van der Waals surface area contributed by atoms with Crippen LogP contribution in [0.3, 0.4) is 0 Å². The number of anilines is 2. The number of carbonyl (C=O) groups excluding carboxylic acids is 1. The van der Waals surface area contributed by atoms with E-state index in [1.807, 2.05) is 31.2 Å². The Morgan fingerprint density at radius 2 is 1.65 bits per heavy atom. The van der Waals surface area contributed by atoms with Gasteiger partial charge >= 0.3 is 0 Å². The number of hydrogen-bond acceptors (Lipinski definition) is 3. The van der Waals surface area contributed by atoms with E-state index in [9.17, 15) is 13.2 Å². The zero-order chi connectivity index (χ0) is 22.6. The second kappa shape index (κ2) is 9.66. The number of aryl methyl sites for hydroxylation is 1. The maximum absolute atomic E-state index is 13.4. The van der Waals surface area contributed by atoms with Gasteiger partial charge in [-0.15, -0.1) is 0 Å². The summed E-state index contributed by atoms with van der Waals surface area (Å²) in [5, 5.41) is 2.80. The molecule has 0 heterocycles. The largest absolute Gasteiger partial charge is 0.325 e. The number of benzene rings is 3. The summed E-state index contributed by atoms with van der Waals surface area (Å²) >= 11 is 3.38. The van der Waals surface area contributed by atoms with Crippen molar-refractivity contribution in [3.05, 3.63) is 88.4 Å². The molecule has 0 aliphatic heterocycles. The molecule has 0 saturated carbocycles. The molecule has 0 aliphatic carbocycles. The maximum atomic E-state index is 13.4. The van der Waals surface area contributed by atoms with Gasteiger partial charge in [-0.3, -0.25) is 9.10 Å². The number of rotatable bonds is 7. The van der Waals surface area contributed by atoms with Gasteiger partial charge in [-0.2, -0.15) is 0 Å². The first-order valence-electron chi connectivity index (χ1n) is 9.91. The Bertz CT molecular complexity index is 1160. The molecule has 1 amide bonds. The minimum absolute atomic E-state index is 0.132. The summed E-state index contributed by atoms with van der Waals surface area (Å²) in [6.45, 7) is 5.73. The van der Waals surface area contributed by atoms with Crippen molar-refractivity contribution >= 4 is 43.2 Å². The van der Waals surface area contributed by atoms with E-state index in [0.29, 0.717) is 17.3 Å². The molecule has 3 rings (SSSR count). The van der Waals surface area contributed by atoms with E-state index in [2.05, 4.69) is 35.1 Å². The van der Waals surface area contributed by atoms with Crippen LogP contribution in [-0.4, -0.2) is 20.9 Å². The zero-order valence-corrected chi connectivity index (χ0v) is 20.1. The second-order valence-corrected chi connectivity index (χ2v) is 10.4. The van der Waals surface area contributed by atoms with Crippen molar-refractivity contribution in [2.75, 3.05) is 16.2 Å². The predicted molar refractivity (Wildman–Crippen MR) is 129 cm³/mol. The molecule has 5 nitrogen and oxygen atoms in total. The molecular weight excluding hydrogens is 476 g/mol. The average Bonchev–Trinajstić information content (AvgIpc) is 2.72. The molecule has 7 heteroatoms. The highest BCUT2D eigenvalue weighted by Crippen LogP contribution is 2.27. The molecule has 31 heavy (non-hydrogen) atoms. The molecule has 1 N–H and O–H groups in total. The van der Waals surface area contributed by atoms with Crippen molar-refractivity contribution in [3.8, 4) is 0 Å². The van der Waals surface area contributed by atoms with Gasteiger partial charge in [-0.25, -0.2) is 8.42 Å². The van der Waals surface area contributed by atoms with E-state index in [-0.39, 0.29) is 11.4 Å². The molecule has 0 spiro atoms. The first-order chi connectivity index (χ1) is 14.7. The van der Waals surface area contributed by atoms with Gasteiger partial charge in [0, 0.05) is 10.2 Å². The molecular formula is C24H25BrN2O3S. The van der Waals surface area contributed by atoms with Crippen molar-refractivity contribution < 1.29 is 13.2 Å². The molecule has 0 fully saturated rings. The van der Waals surface area contributed by atoms with E-state index in [4.69, 9.17) is 0 Å². The fourth-order valence-electron chi connectivity index (χ4n) is 3.07. The molecule has 3 aromatic carbocycles. The normalized spacial score (nSPS) is 11.4. The van der Waals surface area contributed by atoms with Crippen LogP contribution in [0.5, 0.6) is 0 Å². The van der Waals surface area contributed by atoms with Crippen LogP contribution in [0.4, 0.5) is 11.4 Å². The van der Waals surface area contributed by atoms with Crippen LogP contribution in [0.2, 0.25) is 0 Å². The van der Waals surface area contributed by atoms with Gasteiger partial charge in [0.05, 0.1) is 10.6 Å². The first kappa shape index (κ1) is 23.0. The number of amides is 1. The van der Waals surface area contributed by atoms with Gasteiger partial charge in [0.15, 0.2) is 0 Å². The van der Waals surface area contributed by atoms with E-state index < -0.39 is 15.9 Å². The number of nitrogens with one attached hydrogen (secondary N) is 1. The summed E-state index contributed by atoms with van der Waals surface area (Å²) in [7, 11) is -3.94. The lowest BCUT2D eigenvalue weighted by molar-refractivity contribution is -0.114. The van der Waals surface area contributed by atoms with Crippen LogP contribution in [0, 0.1) is 6.92 Å². The Hall–Kier alpha value is -2.64. The van der Waals surface area contributed by atoms with Gasteiger partial charge in [0.2, 0.25) is 5.91 Å². The molecule has 162 valence electrons. The fourth-order valence-corrected chi connectivity index (χ4v) is 4.87. The summed E-state index contributed by atoms with van der Waals surface area (Å²) in [5.41, 5.74) is 3.14. The summed E-state index contributed by atoms with van der Waals surface area (Å²) in [6.07, 6.45) is 0. The van der Waals surface area contributed by atoms with Crippen LogP contribution in [0.1, 0.15) is 30.9 Å². The average molecular weight is 501 g/mol. The Morgan fingerprint density at radius 1 is 1.00 bits per heavy atom. The minimum atomic E-state index is -3.94. The predicted octanol–water partition coefficient (Wildman–Crippen LogP) is 5.71. The molecule has 0 saturated heterocycles. The number of carbonyl (C=O) groups is 1. The van der Waals surface area contributed by atoms with Crippen LogP contribution in [0.15, 0.2) is 82.2 Å². The van der Waals surface area contributed by atoms with Crippen molar-refractivity contribution in [3.63, 3.8) is 0 Å². The SMILES string of the molecule is Cc1ccc(S(=O)(=O)N(CC(=O)Nc2ccc(C(C)C)cc2)c2cccc(Br)c2)cc1. The standard InChI is InChI=1S/C24H25BrN2O3S/c1-17(2)19-9-11-21(12-10-19)26-24(28)16-27(22-6-4-5-20(25)15-22)31(29,30)23-13-7-18(3)8-14-23/h4-15,17H,16H2,1-3H3,(H,26,28). The highest BCUT2D eigenvalue weighted by Gasteiger charge is 2.27. The minimum Gasteiger partial charge on any atom is -0.325 e. The van der Waals surface area contributed by atoms with E-state index in [1.54, 1.807) is 48.5 Å². The van der Waals surface area contributed by atoms with Crippen molar-refractivity contribution in [2.24, 2.45) is 0 Å². The number of hydrogen-bond donors (Lipinski definition) is 1. The second-order valence-electron chi connectivity index (χ2n) is 7.63. The third-order valence-electron chi connectivity index (χ3n) is 4.85. The lowest BCUT2D eigenvalue weighted by Gasteiger charge is -2.24. The van der Waals surface area contributed by atoms with Crippen LogP contribution < -0.4 is 9.62 Å². The van der Waals surface area contributed by atoms with Crippen molar-refractivity contribution in [2.45, 2.75) is 31.6 Å². The Labute approximate surface area is 192 Å². The summed E-state index contributed by atoms with van der Waals surface area (Å²) < 4.78 is 28.6. The highest BCUT2D eigenvalue weighted by molar-refractivity contribution is 9.10. The fraction of sp³-hybridized carbons (Fsp3) is 0.208. The Morgan fingerprint density at radius 3 is 2.23 bits per heavy atom. The molecule has 0 aromatic heterocycles. The third kappa shape index (κ3) is 5.74. The van der Waals surface area contributed by atoms with Crippen molar-refractivity contribution in [1.29, 1.82) is 0 Å². The molecule has 0 aliphatic rings. The van der Waals surface area contributed by atoms with Gasteiger partial charge in [0.1, 0.15) is 6.54 Å². The number of nitrogens with zero attached hydrogens (tertiary/aromatic N) is 1. The Kier molecular flexibility index (Phi) is 7.18. The van der Waals surface area contributed by atoms with Crippen LogP contribution in [-0.2, 0) is 14.8 Å². The first-order valence-corrected chi connectivity index (χ1v) is 12.1. The molecule has 0 unspecified atom stereocenters.